The summed E-state index contributed by atoms with van der Waals surface area (Å²) in [5, 5.41) is 9.43. The van der Waals surface area contributed by atoms with Crippen molar-refractivity contribution in [3.63, 3.8) is 0 Å². The predicted molar refractivity (Wildman–Crippen MR) is 77.7 cm³/mol. The molecule has 20 heavy (non-hydrogen) atoms. The molecule has 6 nitrogen and oxygen atoms in total. The molecular formula is C13H18N4O2S. The van der Waals surface area contributed by atoms with E-state index in [0.29, 0.717) is 13.2 Å². The van der Waals surface area contributed by atoms with Gasteiger partial charge in [0.25, 0.3) is 0 Å². The molecule has 0 amide bonds. The first-order valence-corrected chi connectivity index (χ1v) is 7.29. The minimum absolute atomic E-state index is 0.619. The van der Waals surface area contributed by atoms with Gasteiger partial charge in [-0.2, -0.15) is 0 Å². The zero-order valence-corrected chi connectivity index (χ0v) is 12.5. The molecule has 2 aromatic rings. The average molecular weight is 294 g/mol. The van der Waals surface area contributed by atoms with Crippen molar-refractivity contribution in [2.75, 3.05) is 33.2 Å². The first kappa shape index (κ1) is 15.0. The van der Waals surface area contributed by atoms with Crippen molar-refractivity contribution in [2.24, 2.45) is 0 Å². The van der Waals surface area contributed by atoms with E-state index in [2.05, 4.69) is 19.7 Å². The van der Waals surface area contributed by atoms with Crippen molar-refractivity contribution in [2.45, 2.75) is 11.7 Å². The van der Waals surface area contributed by atoms with E-state index in [-0.39, 0.29) is 0 Å². The summed E-state index contributed by atoms with van der Waals surface area (Å²) in [5.74, 6) is 1.68. The minimum Gasteiger partial charge on any atom is -0.384 e. The number of nitrogens with zero attached hydrogens (tertiary/aromatic N) is 4. The Kier molecular flexibility index (Phi) is 5.97. The van der Waals surface area contributed by atoms with Crippen LogP contribution in [0.5, 0.6) is 0 Å². The number of ether oxygens (including phenoxy) is 2. The van der Waals surface area contributed by atoms with E-state index in [4.69, 9.17) is 9.47 Å². The Morgan fingerprint density at radius 3 is 2.55 bits per heavy atom. The summed E-state index contributed by atoms with van der Waals surface area (Å²) in [5.41, 5.74) is 1.00. The van der Waals surface area contributed by atoms with E-state index in [1.54, 1.807) is 38.4 Å². The van der Waals surface area contributed by atoms with Gasteiger partial charge in [-0.1, -0.05) is 11.8 Å². The molecule has 0 unspecified atom stereocenters. The molecule has 0 aromatic carbocycles. The lowest BCUT2D eigenvalue weighted by atomic mass is 10.2. The van der Waals surface area contributed by atoms with Gasteiger partial charge in [-0.25, -0.2) is 0 Å². The van der Waals surface area contributed by atoms with Crippen molar-refractivity contribution >= 4 is 11.8 Å². The van der Waals surface area contributed by atoms with Crippen molar-refractivity contribution < 1.29 is 9.47 Å². The largest absolute Gasteiger partial charge is 0.384 e. The molecule has 108 valence electrons. The molecule has 2 rings (SSSR count). The van der Waals surface area contributed by atoms with E-state index < -0.39 is 0 Å². The molecule has 0 fully saturated rings. The maximum Gasteiger partial charge on any atom is 0.191 e. The second-order valence-corrected chi connectivity index (χ2v) is 5.09. The SMILES string of the molecule is COCCSc1nnc(-c2ccncc2)n1CCOC. The number of hydrogen-bond acceptors (Lipinski definition) is 6. The maximum absolute atomic E-state index is 5.16. The summed E-state index contributed by atoms with van der Waals surface area (Å²) in [7, 11) is 3.38. The van der Waals surface area contributed by atoms with Gasteiger partial charge in [0.1, 0.15) is 0 Å². The molecular weight excluding hydrogens is 276 g/mol. The fourth-order valence-electron chi connectivity index (χ4n) is 1.71. The quantitative estimate of drug-likeness (QED) is 0.546. The van der Waals surface area contributed by atoms with Crippen LogP contribution in [0.4, 0.5) is 0 Å². The molecule has 0 N–H and O–H groups in total. The lowest BCUT2D eigenvalue weighted by Gasteiger charge is -2.09. The van der Waals surface area contributed by atoms with Gasteiger partial charge in [-0.05, 0) is 12.1 Å². The van der Waals surface area contributed by atoms with Gasteiger partial charge in [-0.3, -0.25) is 9.55 Å². The summed E-state index contributed by atoms with van der Waals surface area (Å²) in [6.45, 7) is 2.02. The normalized spacial score (nSPS) is 10.9. The molecule has 0 aliphatic rings. The fraction of sp³-hybridized carbons (Fsp3) is 0.462. The Morgan fingerprint density at radius 2 is 1.85 bits per heavy atom. The fourth-order valence-corrected chi connectivity index (χ4v) is 2.58. The smallest absolute Gasteiger partial charge is 0.191 e. The topological polar surface area (TPSA) is 62.1 Å². The van der Waals surface area contributed by atoms with Gasteiger partial charge in [0.15, 0.2) is 11.0 Å². The highest BCUT2D eigenvalue weighted by atomic mass is 32.2. The molecule has 0 aliphatic heterocycles. The average Bonchev–Trinajstić information content (AvgIpc) is 2.89. The van der Waals surface area contributed by atoms with Gasteiger partial charge < -0.3 is 9.47 Å². The van der Waals surface area contributed by atoms with Gasteiger partial charge in [-0.15, -0.1) is 10.2 Å². The molecule has 0 spiro atoms. The van der Waals surface area contributed by atoms with E-state index in [9.17, 15) is 0 Å². The van der Waals surface area contributed by atoms with E-state index >= 15 is 0 Å². The number of rotatable bonds is 8. The summed E-state index contributed by atoms with van der Waals surface area (Å²) < 4.78 is 12.3. The molecule has 0 saturated heterocycles. The first-order valence-electron chi connectivity index (χ1n) is 6.31. The van der Waals surface area contributed by atoms with Crippen LogP contribution in [-0.2, 0) is 16.0 Å². The number of pyridine rings is 1. The van der Waals surface area contributed by atoms with E-state index in [1.807, 2.05) is 12.1 Å². The molecule has 0 atom stereocenters. The third-order valence-corrected chi connectivity index (χ3v) is 3.62. The summed E-state index contributed by atoms with van der Waals surface area (Å²) in [4.78, 5) is 4.03. The molecule has 0 bridgehead atoms. The van der Waals surface area contributed by atoms with Crippen molar-refractivity contribution in [1.82, 2.24) is 19.7 Å². The summed E-state index contributed by atoms with van der Waals surface area (Å²) in [6, 6.07) is 3.85. The van der Waals surface area contributed by atoms with Crippen LogP contribution < -0.4 is 0 Å². The number of aromatic nitrogens is 4. The van der Waals surface area contributed by atoms with Gasteiger partial charge in [0, 0.05) is 37.9 Å². The third-order valence-electron chi connectivity index (χ3n) is 2.69. The third kappa shape index (κ3) is 3.78. The zero-order chi connectivity index (χ0) is 14.2. The monoisotopic (exact) mass is 294 g/mol. The van der Waals surface area contributed by atoms with Crippen LogP contribution in [0.2, 0.25) is 0 Å². The molecule has 2 aromatic heterocycles. The van der Waals surface area contributed by atoms with Crippen molar-refractivity contribution in [3.05, 3.63) is 24.5 Å². The highest BCUT2D eigenvalue weighted by Crippen LogP contribution is 2.23. The van der Waals surface area contributed by atoms with Gasteiger partial charge >= 0.3 is 0 Å². The van der Waals surface area contributed by atoms with Crippen molar-refractivity contribution in [3.8, 4) is 11.4 Å². The van der Waals surface area contributed by atoms with Crippen LogP contribution in [-0.4, -0.2) is 52.9 Å². The molecule has 7 heteroatoms. The van der Waals surface area contributed by atoms with Gasteiger partial charge in [0.05, 0.1) is 19.8 Å². The standard InChI is InChI=1S/C13H18N4O2S/c1-18-8-7-17-12(11-3-5-14-6-4-11)15-16-13(17)20-10-9-19-2/h3-6H,7-10H2,1-2H3. The highest BCUT2D eigenvalue weighted by molar-refractivity contribution is 7.99. The lowest BCUT2D eigenvalue weighted by Crippen LogP contribution is -2.08. The van der Waals surface area contributed by atoms with Crippen LogP contribution >= 0.6 is 11.8 Å². The van der Waals surface area contributed by atoms with Crippen LogP contribution in [0.15, 0.2) is 29.7 Å². The van der Waals surface area contributed by atoms with Crippen LogP contribution in [0.3, 0.4) is 0 Å². The first-order chi connectivity index (χ1) is 9.86. The predicted octanol–water partition coefficient (Wildman–Crippen LogP) is 1.72. The highest BCUT2D eigenvalue weighted by Gasteiger charge is 2.13. The van der Waals surface area contributed by atoms with E-state index in [1.165, 1.54) is 0 Å². The molecule has 2 heterocycles. The number of thioether (sulfide) groups is 1. The van der Waals surface area contributed by atoms with Crippen LogP contribution in [0.25, 0.3) is 11.4 Å². The molecule has 0 radical (unpaired) electrons. The maximum atomic E-state index is 5.16. The van der Waals surface area contributed by atoms with Gasteiger partial charge in [0.2, 0.25) is 0 Å². The lowest BCUT2D eigenvalue weighted by molar-refractivity contribution is 0.185. The summed E-state index contributed by atoms with van der Waals surface area (Å²) in [6.07, 6.45) is 3.50. The Labute approximate surface area is 122 Å². The van der Waals surface area contributed by atoms with Crippen molar-refractivity contribution in [1.29, 1.82) is 0 Å². The number of hydrogen-bond donors (Lipinski definition) is 0. The molecule has 0 saturated carbocycles. The Bertz CT molecular complexity index is 518. The number of methoxy groups -OCH3 is 2. The molecule has 0 aliphatic carbocycles. The zero-order valence-electron chi connectivity index (χ0n) is 11.7. The summed E-state index contributed by atoms with van der Waals surface area (Å²) >= 11 is 1.63. The second kappa shape index (κ2) is 7.98. The second-order valence-electron chi connectivity index (χ2n) is 4.03. The Hall–Kier alpha value is -1.44. The van der Waals surface area contributed by atoms with Crippen LogP contribution in [0, 0.1) is 0 Å². The Balaban J connectivity index is 2.22. The van der Waals surface area contributed by atoms with Crippen LogP contribution in [0.1, 0.15) is 0 Å². The minimum atomic E-state index is 0.619. The Morgan fingerprint density at radius 1 is 1.10 bits per heavy atom. The van der Waals surface area contributed by atoms with E-state index in [0.717, 1.165) is 28.8 Å².